The molecule has 7 heteroatoms. The number of nitrogens with zero attached hydrogens (tertiary/aromatic N) is 1. The molecule has 0 spiro atoms. The molecule has 1 unspecified atom stereocenters. The summed E-state index contributed by atoms with van der Waals surface area (Å²) in [5.74, 6) is -0.404. The second kappa shape index (κ2) is 14.7. The van der Waals surface area contributed by atoms with Crippen LogP contribution >= 0.6 is 0 Å². The largest absolute Gasteiger partial charge is 0.358 e. The second-order valence-electron chi connectivity index (χ2n) is 6.93. The molecule has 1 aromatic rings. The van der Waals surface area contributed by atoms with Gasteiger partial charge in [0.05, 0.1) is 19.0 Å². The van der Waals surface area contributed by atoms with Crippen LogP contribution in [-0.4, -0.2) is 48.6 Å². The fourth-order valence-electron chi connectivity index (χ4n) is 2.17. The molecule has 0 radical (unpaired) electrons. The average molecular weight is 380 g/mol. The highest BCUT2D eigenvalue weighted by molar-refractivity contribution is 5.85. The maximum Gasteiger partial charge on any atom is 0.239 e. The first-order chi connectivity index (χ1) is 12.8. The standard InChI is InChI=1S/C16H23N3O4.C4H10/c1-17-15(21)10-18-16(22)14(11-19(23)12-20)9-5-8-13-6-3-2-4-7-13;1-4(2)3/h2-4,6-7,12,14,23H,5,8-11H2,1H3,(H,17,21)(H,18,22);4H,1-3H3. The van der Waals surface area contributed by atoms with Gasteiger partial charge in [-0.2, -0.15) is 0 Å². The van der Waals surface area contributed by atoms with Crippen molar-refractivity contribution in [3.8, 4) is 0 Å². The van der Waals surface area contributed by atoms with E-state index in [0.717, 1.165) is 24.3 Å². The van der Waals surface area contributed by atoms with Crippen LogP contribution in [0.4, 0.5) is 0 Å². The maximum atomic E-state index is 12.1. The van der Waals surface area contributed by atoms with Gasteiger partial charge in [0.25, 0.3) is 0 Å². The van der Waals surface area contributed by atoms with Gasteiger partial charge < -0.3 is 10.6 Å². The number of hydrogen-bond acceptors (Lipinski definition) is 4. The van der Waals surface area contributed by atoms with Crippen LogP contribution in [0.5, 0.6) is 0 Å². The van der Waals surface area contributed by atoms with E-state index in [1.165, 1.54) is 7.05 Å². The van der Waals surface area contributed by atoms with Gasteiger partial charge in [0.1, 0.15) is 0 Å². The number of carbonyl (C=O) groups is 3. The Hall–Kier alpha value is -2.41. The fraction of sp³-hybridized carbons (Fsp3) is 0.550. The Morgan fingerprint density at radius 2 is 1.78 bits per heavy atom. The van der Waals surface area contributed by atoms with Crippen molar-refractivity contribution < 1.29 is 19.6 Å². The molecule has 152 valence electrons. The van der Waals surface area contributed by atoms with Crippen molar-refractivity contribution in [2.24, 2.45) is 11.8 Å². The summed E-state index contributed by atoms with van der Waals surface area (Å²) in [6.45, 7) is 6.27. The van der Waals surface area contributed by atoms with Crippen LogP contribution in [0.2, 0.25) is 0 Å². The van der Waals surface area contributed by atoms with Crippen molar-refractivity contribution in [1.29, 1.82) is 0 Å². The Balaban J connectivity index is 0.00000153. The van der Waals surface area contributed by atoms with Crippen molar-refractivity contribution in [3.63, 3.8) is 0 Å². The maximum absolute atomic E-state index is 12.1. The minimum absolute atomic E-state index is 0.0993. The molecule has 0 aromatic heterocycles. The van der Waals surface area contributed by atoms with E-state index in [1.54, 1.807) is 0 Å². The van der Waals surface area contributed by atoms with Gasteiger partial charge in [-0.3, -0.25) is 19.6 Å². The summed E-state index contributed by atoms with van der Waals surface area (Å²) in [6, 6.07) is 9.84. The predicted molar refractivity (Wildman–Crippen MR) is 105 cm³/mol. The first kappa shape index (κ1) is 24.6. The molecule has 0 bridgehead atoms. The Morgan fingerprint density at radius 1 is 1.19 bits per heavy atom. The van der Waals surface area contributed by atoms with Gasteiger partial charge >= 0.3 is 0 Å². The van der Waals surface area contributed by atoms with Crippen LogP contribution in [0, 0.1) is 11.8 Å². The first-order valence-corrected chi connectivity index (χ1v) is 9.23. The minimum Gasteiger partial charge on any atom is -0.358 e. The highest BCUT2D eigenvalue weighted by atomic mass is 16.5. The van der Waals surface area contributed by atoms with Gasteiger partial charge in [0, 0.05) is 7.05 Å². The van der Waals surface area contributed by atoms with Gasteiger partial charge in [-0.25, -0.2) is 5.06 Å². The molecule has 0 heterocycles. The van der Waals surface area contributed by atoms with Crippen LogP contribution in [0.3, 0.4) is 0 Å². The van der Waals surface area contributed by atoms with Crippen molar-refractivity contribution in [3.05, 3.63) is 35.9 Å². The summed E-state index contributed by atoms with van der Waals surface area (Å²) < 4.78 is 0. The molecule has 0 fully saturated rings. The molecule has 0 aliphatic carbocycles. The lowest BCUT2D eigenvalue weighted by atomic mass is 9.98. The van der Waals surface area contributed by atoms with Crippen LogP contribution in [0.25, 0.3) is 0 Å². The summed E-state index contributed by atoms with van der Waals surface area (Å²) >= 11 is 0. The number of amides is 3. The summed E-state index contributed by atoms with van der Waals surface area (Å²) in [5, 5.41) is 14.7. The second-order valence-corrected chi connectivity index (χ2v) is 6.93. The van der Waals surface area contributed by atoms with E-state index in [-0.39, 0.29) is 31.3 Å². The zero-order valence-corrected chi connectivity index (χ0v) is 16.8. The predicted octanol–water partition coefficient (Wildman–Crippen LogP) is 2.00. The van der Waals surface area contributed by atoms with Gasteiger partial charge in [-0.15, -0.1) is 0 Å². The average Bonchev–Trinajstić information content (AvgIpc) is 2.65. The molecule has 0 aliphatic rings. The molecule has 0 aliphatic heterocycles. The van der Waals surface area contributed by atoms with Gasteiger partial charge in [-0.1, -0.05) is 51.1 Å². The molecule has 1 aromatic carbocycles. The van der Waals surface area contributed by atoms with Crippen LogP contribution in [0.1, 0.15) is 39.2 Å². The quantitative estimate of drug-likeness (QED) is 0.329. The lowest BCUT2D eigenvalue weighted by molar-refractivity contribution is -0.154. The Labute approximate surface area is 162 Å². The van der Waals surface area contributed by atoms with E-state index in [9.17, 15) is 19.6 Å². The molecule has 1 rings (SSSR count). The van der Waals surface area contributed by atoms with Crippen LogP contribution < -0.4 is 10.6 Å². The summed E-state index contributed by atoms with van der Waals surface area (Å²) in [7, 11) is 1.48. The molecular formula is C20H33N3O4. The zero-order chi connectivity index (χ0) is 20.7. The van der Waals surface area contributed by atoms with E-state index in [1.807, 2.05) is 30.3 Å². The summed E-state index contributed by atoms with van der Waals surface area (Å²) in [5.41, 5.74) is 1.16. The van der Waals surface area contributed by atoms with E-state index in [2.05, 4.69) is 31.4 Å². The number of aryl methyl sites for hydroxylation is 1. The number of likely N-dealkylation sites (N-methyl/N-ethyl adjacent to an activating group) is 1. The normalized spacial score (nSPS) is 11.0. The number of rotatable bonds is 10. The number of nitrogens with one attached hydrogen (secondary N) is 2. The number of carbonyl (C=O) groups excluding carboxylic acids is 3. The van der Waals surface area contributed by atoms with E-state index in [0.29, 0.717) is 11.5 Å². The lowest BCUT2D eigenvalue weighted by Crippen LogP contribution is -2.41. The van der Waals surface area contributed by atoms with Crippen molar-refractivity contribution in [1.82, 2.24) is 15.7 Å². The molecule has 3 amide bonds. The van der Waals surface area contributed by atoms with Gasteiger partial charge in [0.2, 0.25) is 18.2 Å². The molecular weight excluding hydrogens is 346 g/mol. The number of benzene rings is 1. The topological polar surface area (TPSA) is 98.7 Å². The third kappa shape index (κ3) is 13.5. The third-order valence-electron chi connectivity index (χ3n) is 3.46. The van der Waals surface area contributed by atoms with Crippen molar-refractivity contribution in [2.45, 2.75) is 40.0 Å². The molecule has 1 atom stereocenters. The summed E-state index contributed by atoms with van der Waals surface area (Å²) in [4.78, 5) is 33.8. The van der Waals surface area contributed by atoms with E-state index in [4.69, 9.17) is 0 Å². The highest BCUT2D eigenvalue weighted by Crippen LogP contribution is 2.12. The third-order valence-corrected chi connectivity index (χ3v) is 3.46. The summed E-state index contributed by atoms with van der Waals surface area (Å²) in [6.07, 6.45) is 2.29. The van der Waals surface area contributed by atoms with Gasteiger partial charge in [-0.05, 0) is 30.7 Å². The SMILES string of the molecule is CC(C)C.CNC(=O)CNC(=O)C(CCCc1ccccc1)CN(O)C=O. The fourth-order valence-corrected chi connectivity index (χ4v) is 2.17. The smallest absolute Gasteiger partial charge is 0.239 e. The molecule has 3 N–H and O–H groups in total. The highest BCUT2D eigenvalue weighted by Gasteiger charge is 2.21. The Morgan fingerprint density at radius 3 is 2.30 bits per heavy atom. The van der Waals surface area contributed by atoms with E-state index >= 15 is 0 Å². The zero-order valence-electron chi connectivity index (χ0n) is 16.8. The number of hydroxylamine groups is 2. The van der Waals surface area contributed by atoms with Gasteiger partial charge in [0.15, 0.2) is 0 Å². The van der Waals surface area contributed by atoms with Crippen LogP contribution in [-0.2, 0) is 20.8 Å². The molecule has 27 heavy (non-hydrogen) atoms. The van der Waals surface area contributed by atoms with Crippen molar-refractivity contribution >= 4 is 18.2 Å². The van der Waals surface area contributed by atoms with E-state index < -0.39 is 5.92 Å². The molecule has 0 saturated carbocycles. The van der Waals surface area contributed by atoms with Crippen LogP contribution in [0.15, 0.2) is 30.3 Å². The first-order valence-electron chi connectivity index (χ1n) is 9.23. The van der Waals surface area contributed by atoms with Crippen molar-refractivity contribution in [2.75, 3.05) is 20.1 Å². The lowest BCUT2D eigenvalue weighted by Gasteiger charge is -2.19. The number of hydrogen-bond donors (Lipinski definition) is 3. The monoisotopic (exact) mass is 379 g/mol. The molecule has 0 saturated heterocycles. The Kier molecular flexibility index (Phi) is 13.4. The molecule has 7 nitrogen and oxygen atoms in total. The minimum atomic E-state index is -0.571. The Bertz CT molecular complexity index is 547.